The first-order valence-electron chi connectivity index (χ1n) is 4.45. The molecule has 0 fully saturated rings. The van der Waals surface area contributed by atoms with Crippen LogP contribution in [0.3, 0.4) is 0 Å². The van der Waals surface area contributed by atoms with E-state index in [1.165, 1.54) is 6.07 Å². The number of ether oxygens (including phenoxy) is 1. The van der Waals surface area contributed by atoms with E-state index in [1.807, 2.05) is 20.8 Å². The molecular formula is C10H13NO3. The summed E-state index contributed by atoms with van der Waals surface area (Å²) >= 11 is 0. The zero-order valence-corrected chi connectivity index (χ0v) is 8.53. The number of nitro benzene ring substituents is 1. The van der Waals surface area contributed by atoms with Gasteiger partial charge in [0.2, 0.25) is 0 Å². The van der Waals surface area contributed by atoms with Crippen LogP contribution in [0.15, 0.2) is 12.1 Å². The molecule has 4 nitrogen and oxygen atoms in total. The van der Waals surface area contributed by atoms with Gasteiger partial charge in [0.25, 0.3) is 0 Å². The van der Waals surface area contributed by atoms with Gasteiger partial charge in [0.15, 0.2) is 5.75 Å². The second kappa shape index (κ2) is 4.09. The number of hydrogen-bond acceptors (Lipinski definition) is 3. The highest BCUT2D eigenvalue weighted by atomic mass is 16.6. The number of hydrogen-bond donors (Lipinski definition) is 0. The predicted octanol–water partition coefficient (Wildman–Crippen LogP) is 2.61. The van der Waals surface area contributed by atoms with Crippen molar-refractivity contribution in [1.29, 1.82) is 0 Å². The van der Waals surface area contributed by atoms with E-state index < -0.39 is 4.92 Å². The van der Waals surface area contributed by atoms with Gasteiger partial charge in [0.05, 0.1) is 11.5 Å². The number of benzene rings is 1. The van der Waals surface area contributed by atoms with Gasteiger partial charge in [0, 0.05) is 11.6 Å². The van der Waals surface area contributed by atoms with Crippen molar-refractivity contribution >= 4 is 5.69 Å². The third-order valence-corrected chi connectivity index (χ3v) is 2.14. The van der Waals surface area contributed by atoms with Crippen molar-refractivity contribution in [3.05, 3.63) is 33.4 Å². The van der Waals surface area contributed by atoms with Gasteiger partial charge in [-0.25, -0.2) is 0 Å². The summed E-state index contributed by atoms with van der Waals surface area (Å²) in [6.07, 6.45) is 0. The molecule has 0 radical (unpaired) electrons. The van der Waals surface area contributed by atoms with Crippen molar-refractivity contribution in [2.45, 2.75) is 20.8 Å². The molecule has 4 heteroatoms. The van der Waals surface area contributed by atoms with Crippen molar-refractivity contribution in [3.63, 3.8) is 0 Å². The highest BCUT2D eigenvalue weighted by Gasteiger charge is 2.17. The Balaban J connectivity index is 3.29. The van der Waals surface area contributed by atoms with Crippen molar-refractivity contribution in [3.8, 4) is 5.75 Å². The molecule has 1 aromatic rings. The van der Waals surface area contributed by atoms with Crippen LogP contribution in [-0.2, 0) is 0 Å². The first-order valence-corrected chi connectivity index (χ1v) is 4.45. The van der Waals surface area contributed by atoms with E-state index in [9.17, 15) is 10.1 Å². The number of nitrogens with zero attached hydrogens (tertiary/aromatic N) is 1. The lowest BCUT2D eigenvalue weighted by Gasteiger charge is -2.09. The lowest BCUT2D eigenvalue weighted by molar-refractivity contribution is -0.385. The second-order valence-corrected chi connectivity index (χ2v) is 3.05. The van der Waals surface area contributed by atoms with Gasteiger partial charge < -0.3 is 4.74 Å². The van der Waals surface area contributed by atoms with E-state index >= 15 is 0 Å². The van der Waals surface area contributed by atoms with Crippen LogP contribution in [0.1, 0.15) is 18.1 Å². The summed E-state index contributed by atoms with van der Waals surface area (Å²) in [5.74, 6) is 0.387. The highest BCUT2D eigenvalue weighted by Crippen LogP contribution is 2.32. The van der Waals surface area contributed by atoms with Crippen molar-refractivity contribution in [2.75, 3.05) is 6.61 Å². The minimum Gasteiger partial charge on any atom is -0.487 e. The Morgan fingerprint density at radius 1 is 1.43 bits per heavy atom. The molecule has 76 valence electrons. The van der Waals surface area contributed by atoms with Crippen LogP contribution >= 0.6 is 0 Å². The summed E-state index contributed by atoms with van der Waals surface area (Å²) < 4.78 is 5.27. The van der Waals surface area contributed by atoms with Crippen LogP contribution in [0.5, 0.6) is 5.75 Å². The van der Waals surface area contributed by atoms with E-state index in [1.54, 1.807) is 6.07 Å². The van der Waals surface area contributed by atoms with Gasteiger partial charge in [-0.05, 0) is 26.3 Å². The normalized spacial score (nSPS) is 9.93. The fourth-order valence-corrected chi connectivity index (χ4v) is 1.25. The monoisotopic (exact) mass is 195 g/mol. The maximum Gasteiger partial charge on any atom is 0.311 e. The van der Waals surface area contributed by atoms with Crippen LogP contribution < -0.4 is 4.74 Å². The Morgan fingerprint density at radius 2 is 2.07 bits per heavy atom. The lowest BCUT2D eigenvalue weighted by Crippen LogP contribution is -2.00. The van der Waals surface area contributed by atoms with E-state index in [2.05, 4.69) is 0 Å². The zero-order chi connectivity index (χ0) is 10.7. The van der Waals surface area contributed by atoms with E-state index in [-0.39, 0.29) is 5.69 Å². The van der Waals surface area contributed by atoms with E-state index in [0.29, 0.717) is 12.4 Å². The molecule has 0 saturated heterocycles. The molecule has 0 aliphatic rings. The molecule has 0 N–H and O–H groups in total. The topological polar surface area (TPSA) is 52.4 Å². The number of nitro groups is 1. The minimum atomic E-state index is -0.419. The first-order chi connectivity index (χ1) is 6.57. The van der Waals surface area contributed by atoms with Crippen LogP contribution in [0.4, 0.5) is 5.69 Å². The summed E-state index contributed by atoms with van der Waals surface area (Å²) in [7, 11) is 0. The largest absolute Gasteiger partial charge is 0.487 e. The molecule has 0 spiro atoms. The smallest absolute Gasteiger partial charge is 0.311 e. The first kappa shape index (κ1) is 10.5. The summed E-state index contributed by atoms with van der Waals surface area (Å²) in [6.45, 7) is 5.98. The molecule has 0 heterocycles. The molecular weight excluding hydrogens is 182 g/mol. The standard InChI is InChI=1S/C10H13NO3/c1-4-14-10-8(3)7(2)5-6-9(10)11(12)13/h5-6H,4H2,1-3H3. The van der Waals surface area contributed by atoms with Crippen LogP contribution in [-0.4, -0.2) is 11.5 Å². The van der Waals surface area contributed by atoms with Gasteiger partial charge in [-0.15, -0.1) is 0 Å². The average molecular weight is 195 g/mol. The van der Waals surface area contributed by atoms with E-state index in [0.717, 1.165) is 11.1 Å². The molecule has 0 amide bonds. The molecule has 0 bridgehead atoms. The maximum atomic E-state index is 10.7. The van der Waals surface area contributed by atoms with Gasteiger partial charge in [-0.1, -0.05) is 6.07 Å². The van der Waals surface area contributed by atoms with Crippen LogP contribution in [0, 0.1) is 24.0 Å². The third kappa shape index (κ3) is 1.84. The molecule has 0 saturated carbocycles. The summed E-state index contributed by atoms with van der Waals surface area (Å²) in [5.41, 5.74) is 1.87. The van der Waals surface area contributed by atoms with Gasteiger partial charge in [0.1, 0.15) is 0 Å². The van der Waals surface area contributed by atoms with Gasteiger partial charge in [-0.2, -0.15) is 0 Å². The molecule has 1 aromatic carbocycles. The molecule has 0 aliphatic carbocycles. The Kier molecular flexibility index (Phi) is 3.06. The van der Waals surface area contributed by atoms with Crippen molar-refractivity contribution < 1.29 is 9.66 Å². The van der Waals surface area contributed by atoms with Crippen molar-refractivity contribution in [1.82, 2.24) is 0 Å². The Bertz CT molecular complexity index is 361. The summed E-state index contributed by atoms with van der Waals surface area (Å²) in [5, 5.41) is 10.7. The predicted molar refractivity (Wildman–Crippen MR) is 53.7 cm³/mol. The highest BCUT2D eigenvalue weighted by molar-refractivity contribution is 5.54. The second-order valence-electron chi connectivity index (χ2n) is 3.05. The Hall–Kier alpha value is -1.58. The molecule has 0 aromatic heterocycles. The molecule has 0 aliphatic heterocycles. The number of rotatable bonds is 3. The SMILES string of the molecule is CCOc1c([N+](=O)[O-])ccc(C)c1C. The minimum absolute atomic E-state index is 0.0370. The third-order valence-electron chi connectivity index (χ3n) is 2.14. The van der Waals surface area contributed by atoms with E-state index in [4.69, 9.17) is 4.74 Å². The molecule has 14 heavy (non-hydrogen) atoms. The Labute approximate surface area is 82.7 Å². The Morgan fingerprint density at radius 3 is 2.57 bits per heavy atom. The quantitative estimate of drug-likeness (QED) is 0.550. The summed E-state index contributed by atoms with van der Waals surface area (Å²) in [6, 6.07) is 3.21. The van der Waals surface area contributed by atoms with Crippen LogP contribution in [0.2, 0.25) is 0 Å². The summed E-state index contributed by atoms with van der Waals surface area (Å²) in [4.78, 5) is 10.3. The zero-order valence-electron chi connectivity index (χ0n) is 8.53. The molecule has 1 rings (SSSR count). The fourth-order valence-electron chi connectivity index (χ4n) is 1.25. The fraction of sp³-hybridized carbons (Fsp3) is 0.400. The molecule has 0 atom stereocenters. The van der Waals surface area contributed by atoms with Crippen LogP contribution in [0.25, 0.3) is 0 Å². The van der Waals surface area contributed by atoms with Crippen molar-refractivity contribution in [2.24, 2.45) is 0 Å². The number of aryl methyl sites for hydroxylation is 1. The van der Waals surface area contributed by atoms with Gasteiger partial charge >= 0.3 is 5.69 Å². The van der Waals surface area contributed by atoms with Gasteiger partial charge in [-0.3, -0.25) is 10.1 Å². The molecule has 0 unspecified atom stereocenters. The maximum absolute atomic E-state index is 10.7. The average Bonchev–Trinajstić information content (AvgIpc) is 2.13. The lowest BCUT2D eigenvalue weighted by atomic mass is 10.1.